The van der Waals surface area contributed by atoms with Gasteiger partial charge in [-0.05, 0) is 28.7 Å². The lowest BCUT2D eigenvalue weighted by Gasteiger charge is -2.00. The molecule has 0 saturated carbocycles. The summed E-state index contributed by atoms with van der Waals surface area (Å²) in [5.74, 6) is 0. The molecule has 72 valence electrons. The molecule has 2 heterocycles. The van der Waals surface area contributed by atoms with Crippen LogP contribution in [-0.2, 0) is 0 Å². The van der Waals surface area contributed by atoms with Crippen molar-refractivity contribution in [2.24, 2.45) is 0 Å². The highest BCUT2D eigenvalue weighted by atomic mass is 127. The number of hydrogen-bond acceptors (Lipinski definition) is 4. The molecular formula is C8H7IN4O. The van der Waals surface area contributed by atoms with Gasteiger partial charge in [-0.1, -0.05) is 0 Å². The van der Waals surface area contributed by atoms with Crippen LogP contribution < -0.4 is 4.74 Å². The first kappa shape index (κ1) is 9.38. The molecule has 0 aliphatic carbocycles. The van der Waals surface area contributed by atoms with Crippen LogP contribution in [0.5, 0.6) is 6.01 Å². The minimum Gasteiger partial charge on any atom is -0.467 e. The van der Waals surface area contributed by atoms with Gasteiger partial charge in [0.2, 0.25) is 0 Å². The SMILES string of the molecule is COc1ncc(-n2ccc(I)n2)cn1. The monoisotopic (exact) mass is 302 g/mol. The molecule has 6 heteroatoms. The van der Waals surface area contributed by atoms with Gasteiger partial charge in [0, 0.05) is 6.20 Å². The molecule has 0 saturated heterocycles. The van der Waals surface area contributed by atoms with Crippen LogP contribution in [0.25, 0.3) is 5.69 Å². The largest absolute Gasteiger partial charge is 0.467 e. The first-order valence-electron chi connectivity index (χ1n) is 3.87. The zero-order valence-corrected chi connectivity index (χ0v) is 9.54. The van der Waals surface area contributed by atoms with E-state index >= 15 is 0 Å². The fraction of sp³-hybridized carbons (Fsp3) is 0.125. The fourth-order valence-corrected chi connectivity index (χ4v) is 1.37. The molecule has 0 spiro atoms. The minimum absolute atomic E-state index is 0.357. The van der Waals surface area contributed by atoms with E-state index in [-0.39, 0.29) is 0 Å². The second kappa shape index (κ2) is 3.91. The zero-order valence-electron chi connectivity index (χ0n) is 7.38. The molecule has 0 radical (unpaired) electrons. The lowest BCUT2D eigenvalue weighted by Crippen LogP contribution is -1.98. The molecule has 2 aromatic rings. The summed E-state index contributed by atoms with van der Waals surface area (Å²) in [7, 11) is 1.53. The standard InChI is InChI=1S/C8H7IN4O/c1-14-8-10-4-6(5-11-8)13-3-2-7(9)12-13/h2-5H,1H3. The first-order chi connectivity index (χ1) is 6.79. The van der Waals surface area contributed by atoms with Gasteiger partial charge in [-0.3, -0.25) is 0 Å². The molecule has 5 nitrogen and oxygen atoms in total. The van der Waals surface area contributed by atoms with E-state index in [1.54, 1.807) is 17.1 Å². The highest BCUT2D eigenvalue weighted by Gasteiger charge is 2.00. The summed E-state index contributed by atoms with van der Waals surface area (Å²) in [6.07, 6.45) is 5.18. The van der Waals surface area contributed by atoms with Crippen LogP contribution in [0.15, 0.2) is 24.7 Å². The van der Waals surface area contributed by atoms with Gasteiger partial charge < -0.3 is 4.74 Å². The maximum Gasteiger partial charge on any atom is 0.316 e. The van der Waals surface area contributed by atoms with Crippen LogP contribution in [0, 0.1) is 3.70 Å². The van der Waals surface area contributed by atoms with Gasteiger partial charge >= 0.3 is 6.01 Å². The minimum atomic E-state index is 0.357. The normalized spacial score (nSPS) is 10.1. The van der Waals surface area contributed by atoms with Crippen LogP contribution in [0.2, 0.25) is 0 Å². The van der Waals surface area contributed by atoms with E-state index in [9.17, 15) is 0 Å². The molecule has 0 fully saturated rings. The van der Waals surface area contributed by atoms with E-state index in [1.165, 1.54) is 7.11 Å². The third-order valence-corrected chi connectivity index (χ3v) is 2.19. The summed E-state index contributed by atoms with van der Waals surface area (Å²) in [6.45, 7) is 0. The van der Waals surface area contributed by atoms with E-state index in [4.69, 9.17) is 4.74 Å². The van der Waals surface area contributed by atoms with Crippen molar-refractivity contribution in [1.82, 2.24) is 19.7 Å². The maximum atomic E-state index is 4.86. The smallest absolute Gasteiger partial charge is 0.316 e. The van der Waals surface area contributed by atoms with E-state index in [0.29, 0.717) is 6.01 Å². The Kier molecular flexibility index (Phi) is 2.62. The predicted molar refractivity (Wildman–Crippen MR) is 58.4 cm³/mol. The van der Waals surface area contributed by atoms with Crippen molar-refractivity contribution in [3.05, 3.63) is 28.4 Å². The van der Waals surface area contributed by atoms with Crippen LogP contribution >= 0.6 is 22.6 Å². The molecule has 0 aliphatic heterocycles. The second-order valence-corrected chi connectivity index (χ2v) is 3.62. The van der Waals surface area contributed by atoms with E-state index in [1.807, 2.05) is 12.3 Å². The van der Waals surface area contributed by atoms with Crippen LogP contribution in [0.4, 0.5) is 0 Å². The lowest BCUT2D eigenvalue weighted by molar-refractivity contribution is 0.379. The Morgan fingerprint density at radius 2 is 2.07 bits per heavy atom. The highest BCUT2D eigenvalue weighted by Crippen LogP contribution is 2.08. The summed E-state index contributed by atoms with van der Waals surface area (Å²) in [4.78, 5) is 7.97. The Hall–Kier alpha value is -1.18. The zero-order chi connectivity index (χ0) is 9.97. The van der Waals surface area contributed by atoms with Crippen LogP contribution in [0.1, 0.15) is 0 Å². The van der Waals surface area contributed by atoms with Crippen molar-refractivity contribution in [3.63, 3.8) is 0 Å². The second-order valence-electron chi connectivity index (χ2n) is 2.51. The predicted octanol–water partition coefficient (Wildman–Crippen LogP) is 1.28. The molecule has 14 heavy (non-hydrogen) atoms. The summed E-state index contributed by atoms with van der Waals surface area (Å²) in [5.41, 5.74) is 0.814. The Morgan fingerprint density at radius 1 is 1.36 bits per heavy atom. The van der Waals surface area contributed by atoms with Gasteiger partial charge in [0.1, 0.15) is 9.39 Å². The summed E-state index contributed by atoms with van der Waals surface area (Å²) in [5, 5.41) is 4.22. The van der Waals surface area contributed by atoms with Crippen molar-refractivity contribution in [1.29, 1.82) is 0 Å². The number of halogens is 1. The molecule has 0 amide bonds. The Balaban J connectivity index is 2.33. The fourth-order valence-electron chi connectivity index (χ4n) is 0.979. The number of hydrogen-bond donors (Lipinski definition) is 0. The van der Waals surface area contributed by atoms with Crippen LogP contribution in [0.3, 0.4) is 0 Å². The Morgan fingerprint density at radius 3 is 2.57 bits per heavy atom. The molecule has 0 unspecified atom stereocenters. The quantitative estimate of drug-likeness (QED) is 0.784. The van der Waals surface area contributed by atoms with Crippen LogP contribution in [-0.4, -0.2) is 26.9 Å². The Labute approximate surface area is 94.3 Å². The van der Waals surface area contributed by atoms with Gasteiger partial charge in [0.25, 0.3) is 0 Å². The molecule has 2 rings (SSSR count). The van der Waals surface area contributed by atoms with Crippen molar-refractivity contribution < 1.29 is 4.74 Å². The van der Waals surface area contributed by atoms with E-state index in [2.05, 4.69) is 37.7 Å². The maximum absolute atomic E-state index is 4.86. The highest BCUT2D eigenvalue weighted by molar-refractivity contribution is 14.1. The lowest BCUT2D eigenvalue weighted by atomic mass is 10.5. The molecular weight excluding hydrogens is 295 g/mol. The number of ether oxygens (including phenoxy) is 1. The number of aromatic nitrogens is 4. The molecule has 0 atom stereocenters. The average molecular weight is 302 g/mol. The van der Waals surface area contributed by atoms with Gasteiger partial charge in [-0.2, -0.15) is 5.10 Å². The molecule has 0 N–H and O–H groups in total. The van der Waals surface area contributed by atoms with Gasteiger partial charge in [0.05, 0.1) is 19.5 Å². The molecule has 0 aliphatic rings. The third kappa shape index (κ3) is 1.84. The summed E-state index contributed by atoms with van der Waals surface area (Å²) < 4.78 is 7.50. The van der Waals surface area contributed by atoms with Crippen molar-refractivity contribution in [2.75, 3.05) is 7.11 Å². The third-order valence-electron chi connectivity index (χ3n) is 1.62. The number of methoxy groups -OCH3 is 1. The molecule has 2 aromatic heterocycles. The van der Waals surface area contributed by atoms with E-state index < -0.39 is 0 Å². The molecule has 0 bridgehead atoms. The van der Waals surface area contributed by atoms with Gasteiger partial charge in [-0.15, -0.1) is 0 Å². The van der Waals surface area contributed by atoms with Gasteiger partial charge in [0.15, 0.2) is 0 Å². The Bertz CT molecular complexity index is 425. The number of rotatable bonds is 2. The molecule has 0 aromatic carbocycles. The van der Waals surface area contributed by atoms with E-state index in [0.717, 1.165) is 9.39 Å². The van der Waals surface area contributed by atoms with Gasteiger partial charge in [-0.25, -0.2) is 14.6 Å². The summed E-state index contributed by atoms with van der Waals surface area (Å²) in [6, 6.07) is 2.26. The first-order valence-corrected chi connectivity index (χ1v) is 4.95. The van der Waals surface area contributed by atoms with Crippen molar-refractivity contribution >= 4 is 22.6 Å². The topological polar surface area (TPSA) is 52.8 Å². The summed E-state index contributed by atoms with van der Waals surface area (Å²) >= 11 is 2.14. The van der Waals surface area contributed by atoms with Crippen molar-refractivity contribution in [2.45, 2.75) is 0 Å². The average Bonchev–Trinajstić information content (AvgIpc) is 2.65. The number of nitrogens with zero attached hydrogens (tertiary/aromatic N) is 4. The van der Waals surface area contributed by atoms with Crippen molar-refractivity contribution in [3.8, 4) is 11.7 Å².